The molecule has 2 rings (SSSR count). The molecule has 0 aliphatic carbocycles. The van der Waals surface area contributed by atoms with Crippen LogP contribution in [0.3, 0.4) is 0 Å². The molecule has 1 heterocycles. The van der Waals surface area contributed by atoms with Gasteiger partial charge in [0.1, 0.15) is 17.5 Å². The van der Waals surface area contributed by atoms with Gasteiger partial charge in [0.05, 0.1) is 14.2 Å². The minimum absolute atomic E-state index is 0.0775. The molecule has 0 spiro atoms. The Balaban J connectivity index is 2.01. The van der Waals surface area contributed by atoms with Crippen molar-refractivity contribution in [3.63, 3.8) is 0 Å². The van der Waals surface area contributed by atoms with Crippen molar-refractivity contribution in [2.75, 3.05) is 20.8 Å². The van der Waals surface area contributed by atoms with Crippen molar-refractivity contribution in [3.05, 3.63) is 53.9 Å². The summed E-state index contributed by atoms with van der Waals surface area (Å²) in [5.41, 5.74) is 1.26. The zero-order valence-electron chi connectivity index (χ0n) is 16.7. The van der Waals surface area contributed by atoms with Crippen molar-refractivity contribution in [2.24, 2.45) is 5.92 Å². The van der Waals surface area contributed by atoms with E-state index >= 15 is 0 Å². The Morgan fingerprint density at radius 1 is 1.07 bits per heavy atom. The Kier molecular flexibility index (Phi) is 7.80. The minimum atomic E-state index is -0.659. The maximum absolute atomic E-state index is 12.7. The normalized spacial score (nSPS) is 11.6. The summed E-state index contributed by atoms with van der Waals surface area (Å²) in [6.45, 7) is 4.22. The van der Waals surface area contributed by atoms with Crippen LogP contribution in [0.5, 0.6) is 11.5 Å². The van der Waals surface area contributed by atoms with Crippen molar-refractivity contribution in [1.29, 1.82) is 0 Å². The van der Waals surface area contributed by atoms with E-state index < -0.39 is 6.04 Å². The summed E-state index contributed by atoms with van der Waals surface area (Å²) < 4.78 is 10.4. The summed E-state index contributed by atoms with van der Waals surface area (Å²) in [5.74, 6) is 0.340. The third kappa shape index (κ3) is 5.97. The van der Waals surface area contributed by atoms with Crippen LogP contribution in [0.1, 0.15) is 29.9 Å². The molecule has 0 radical (unpaired) electrons. The van der Waals surface area contributed by atoms with Crippen LogP contribution in [0.2, 0.25) is 0 Å². The molecule has 0 aliphatic rings. The Labute approximate surface area is 165 Å². The van der Waals surface area contributed by atoms with Gasteiger partial charge in [-0.15, -0.1) is 0 Å². The quantitative estimate of drug-likeness (QED) is 0.691. The SMILES string of the molecule is COc1cc(OC)cc(C(=O)NC(C(=O)NCCc2ccccn2)C(C)C)c1. The average molecular weight is 385 g/mol. The first-order valence-electron chi connectivity index (χ1n) is 9.16. The van der Waals surface area contributed by atoms with Crippen molar-refractivity contribution < 1.29 is 19.1 Å². The van der Waals surface area contributed by atoms with E-state index in [0.717, 1.165) is 5.69 Å². The summed E-state index contributed by atoms with van der Waals surface area (Å²) in [4.78, 5) is 29.5. The predicted octanol–water partition coefficient (Wildman–Crippen LogP) is 2.21. The summed E-state index contributed by atoms with van der Waals surface area (Å²) in [7, 11) is 3.03. The van der Waals surface area contributed by atoms with Gasteiger partial charge in [-0.25, -0.2) is 0 Å². The van der Waals surface area contributed by atoms with Gasteiger partial charge in [-0.2, -0.15) is 0 Å². The van der Waals surface area contributed by atoms with Crippen LogP contribution < -0.4 is 20.1 Å². The molecule has 7 nitrogen and oxygen atoms in total. The highest BCUT2D eigenvalue weighted by Crippen LogP contribution is 2.22. The number of pyridine rings is 1. The molecular weight excluding hydrogens is 358 g/mol. The van der Waals surface area contributed by atoms with Crippen LogP contribution in [0.15, 0.2) is 42.6 Å². The number of ether oxygens (including phenoxy) is 2. The number of hydrogen-bond acceptors (Lipinski definition) is 5. The van der Waals surface area contributed by atoms with Gasteiger partial charge in [-0.05, 0) is 30.2 Å². The lowest BCUT2D eigenvalue weighted by molar-refractivity contribution is -0.123. The minimum Gasteiger partial charge on any atom is -0.497 e. The average Bonchev–Trinajstić information content (AvgIpc) is 2.71. The molecule has 0 fully saturated rings. The number of benzene rings is 1. The number of carbonyl (C=O) groups excluding carboxylic acids is 2. The summed E-state index contributed by atoms with van der Waals surface area (Å²) in [6.07, 6.45) is 2.34. The molecule has 1 unspecified atom stereocenters. The van der Waals surface area contributed by atoms with E-state index in [1.807, 2.05) is 32.0 Å². The van der Waals surface area contributed by atoms with Crippen molar-refractivity contribution in [1.82, 2.24) is 15.6 Å². The largest absolute Gasteiger partial charge is 0.497 e. The summed E-state index contributed by atoms with van der Waals surface area (Å²) >= 11 is 0. The molecule has 7 heteroatoms. The molecule has 0 aliphatic heterocycles. The summed E-state index contributed by atoms with van der Waals surface area (Å²) in [5, 5.41) is 5.68. The first kappa shape index (κ1) is 21.2. The lowest BCUT2D eigenvalue weighted by atomic mass is 10.0. The van der Waals surface area contributed by atoms with E-state index in [-0.39, 0.29) is 17.7 Å². The standard InChI is InChI=1S/C21H27N3O4/c1-14(2)19(21(26)23-10-8-16-7-5-6-9-22-16)24-20(25)15-11-17(27-3)13-18(12-15)28-4/h5-7,9,11-14,19H,8,10H2,1-4H3,(H,23,26)(H,24,25). The molecular formula is C21H27N3O4. The van der Waals surface area contributed by atoms with Crippen LogP contribution in [0, 0.1) is 5.92 Å². The Bertz CT molecular complexity index is 771. The van der Waals surface area contributed by atoms with E-state index in [2.05, 4.69) is 15.6 Å². The number of rotatable bonds is 9. The van der Waals surface area contributed by atoms with Gasteiger partial charge in [0.15, 0.2) is 0 Å². The van der Waals surface area contributed by atoms with Crippen molar-refractivity contribution in [3.8, 4) is 11.5 Å². The highest BCUT2D eigenvalue weighted by atomic mass is 16.5. The fourth-order valence-corrected chi connectivity index (χ4v) is 2.67. The number of hydrogen-bond donors (Lipinski definition) is 2. The molecule has 0 bridgehead atoms. The van der Waals surface area contributed by atoms with Gasteiger partial charge < -0.3 is 20.1 Å². The second kappa shape index (κ2) is 10.3. The fraction of sp³-hybridized carbons (Fsp3) is 0.381. The zero-order chi connectivity index (χ0) is 20.5. The van der Waals surface area contributed by atoms with Gasteiger partial charge in [-0.1, -0.05) is 19.9 Å². The topological polar surface area (TPSA) is 89.5 Å². The van der Waals surface area contributed by atoms with Crippen LogP contribution in [-0.4, -0.2) is 43.6 Å². The van der Waals surface area contributed by atoms with Gasteiger partial charge >= 0.3 is 0 Å². The molecule has 1 atom stereocenters. The zero-order valence-corrected chi connectivity index (χ0v) is 16.7. The molecule has 28 heavy (non-hydrogen) atoms. The van der Waals surface area contributed by atoms with Crippen LogP contribution >= 0.6 is 0 Å². The number of methoxy groups -OCH3 is 2. The first-order chi connectivity index (χ1) is 13.4. The first-order valence-corrected chi connectivity index (χ1v) is 9.16. The molecule has 2 aromatic rings. The molecule has 0 saturated heterocycles. The van der Waals surface area contributed by atoms with E-state index in [1.54, 1.807) is 24.4 Å². The van der Waals surface area contributed by atoms with E-state index in [4.69, 9.17) is 9.47 Å². The third-order valence-electron chi connectivity index (χ3n) is 4.26. The van der Waals surface area contributed by atoms with Crippen molar-refractivity contribution >= 4 is 11.8 Å². The molecule has 2 amide bonds. The monoisotopic (exact) mass is 385 g/mol. The lowest BCUT2D eigenvalue weighted by Gasteiger charge is -2.22. The Morgan fingerprint density at radius 3 is 2.29 bits per heavy atom. The number of carbonyl (C=O) groups is 2. The van der Waals surface area contributed by atoms with Crippen molar-refractivity contribution in [2.45, 2.75) is 26.3 Å². The highest BCUT2D eigenvalue weighted by Gasteiger charge is 2.25. The van der Waals surface area contributed by atoms with Crippen LogP contribution in [-0.2, 0) is 11.2 Å². The Morgan fingerprint density at radius 2 is 1.75 bits per heavy atom. The van der Waals surface area contributed by atoms with E-state index in [9.17, 15) is 9.59 Å². The lowest BCUT2D eigenvalue weighted by Crippen LogP contribution is -2.50. The second-order valence-corrected chi connectivity index (χ2v) is 6.66. The predicted molar refractivity (Wildman–Crippen MR) is 107 cm³/mol. The van der Waals surface area contributed by atoms with Crippen LogP contribution in [0.4, 0.5) is 0 Å². The van der Waals surface area contributed by atoms with E-state index in [1.165, 1.54) is 14.2 Å². The van der Waals surface area contributed by atoms with Gasteiger partial charge in [0.2, 0.25) is 5.91 Å². The molecule has 1 aromatic heterocycles. The third-order valence-corrected chi connectivity index (χ3v) is 4.26. The maximum Gasteiger partial charge on any atom is 0.252 e. The Hall–Kier alpha value is -3.09. The van der Waals surface area contributed by atoms with Gasteiger partial charge in [0.25, 0.3) is 5.91 Å². The molecule has 150 valence electrons. The molecule has 1 aromatic carbocycles. The smallest absolute Gasteiger partial charge is 0.252 e. The number of nitrogens with one attached hydrogen (secondary N) is 2. The molecule has 0 saturated carbocycles. The van der Waals surface area contributed by atoms with Gasteiger partial charge in [-0.3, -0.25) is 14.6 Å². The number of amides is 2. The second-order valence-electron chi connectivity index (χ2n) is 6.66. The number of nitrogens with zero attached hydrogens (tertiary/aromatic N) is 1. The van der Waals surface area contributed by atoms with Crippen LogP contribution in [0.25, 0.3) is 0 Å². The highest BCUT2D eigenvalue weighted by molar-refractivity contribution is 5.98. The fourth-order valence-electron chi connectivity index (χ4n) is 2.67. The number of aromatic nitrogens is 1. The molecule has 2 N–H and O–H groups in total. The van der Waals surface area contributed by atoms with E-state index in [0.29, 0.717) is 30.0 Å². The maximum atomic E-state index is 12.7. The summed E-state index contributed by atoms with van der Waals surface area (Å²) in [6, 6.07) is 9.89. The van der Waals surface area contributed by atoms with Gasteiger partial charge in [0, 0.05) is 36.5 Å².